The molecule has 9 heteroatoms. The van der Waals surface area contributed by atoms with E-state index >= 15 is 0 Å². The number of imide groups is 1. The second-order valence-corrected chi connectivity index (χ2v) is 10.7. The minimum atomic E-state index is -0.372. The molecule has 5 heterocycles. The molecular weight excluding hydrogens is 418 g/mol. The standard InChI is InChI=1S/C24H33N7O2/c1-17-13-28(7-8-29(17)19-10-24(11-19)15-27(2)16-24)14-18-3-6-31-20(9-18)21(12-25-31)30-5-4-22(32)26-23(30)33/h3,6,9,12,17,19H,4-5,7-8,10-11,13-16H2,1-2H3,(H,26,32,33)/t17-/m0/s1. The molecule has 0 radical (unpaired) electrons. The average Bonchev–Trinajstić information content (AvgIpc) is 3.13. The number of rotatable bonds is 4. The van der Waals surface area contributed by atoms with E-state index in [1.54, 1.807) is 15.6 Å². The van der Waals surface area contributed by atoms with E-state index < -0.39 is 0 Å². The van der Waals surface area contributed by atoms with Crippen molar-refractivity contribution in [2.45, 2.75) is 44.8 Å². The Bertz CT molecular complexity index is 1080. The van der Waals surface area contributed by atoms with E-state index in [0.29, 0.717) is 24.4 Å². The molecule has 9 nitrogen and oxygen atoms in total. The summed E-state index contributed by atoms with van der Waals surface area (Å²) in [7, 11) is 2.23. The minimum Gasteiger partial charge on any atom is -0.305 e. The molecule has 1 saturated carbocycles. The lowest BCUT2D eigenvalue weighted by atomic mass is 9.60. The maximum Gasteiger partial charge on any atom is 0.328 e. The third-order valence-electron chi connectivity index (χ3n) is 8.10. The van der Waals surface area contributed by atoms with Crippen LogP contribution in [0, 0.1) is 5.41 Å². The van der Waals surface area contributed by atoms with E-state index in [-0.39, 0.29) is 11.9 Å². The highest BCUT2D eigenvalue weighted by molar-refractivity contribution is 6.07. The summed E-state index contributed by atoms with van der Waals surface area (Å²) in [6.07, 6.45) is 6.73. The fraction of sp³-hybridized carbons (Fsp3) is 0.625. The van der Waals surface area contributed by atoms with Crippen LogP contribution in [0.15, 0.2) is 24.5 Å². The van der Waals surface area contributed by atoms with Crippen LogP contribution in [0.4, 0.5) is 10.5 Å². The summed E-state index contributed by atoms with van der Waals surface area (Å²) >= 11 is 0. The number of anilines is 1. The molecule has 1 spiro atoms. The molecule has 2 aromatic heterocycles. The van der Waals surface area contributed by atoms with Crippen LogP contribution in [0.2, 0.25) is 0 Å². The fourth-order valence-electron chi connectivity index (χ4n) is 6.63. The minimum absolute atomic E-state index is 0.223. The van der Waals surface area contributed by atoms with Gasteiger partial charge in [-0.3, -0.25) is 24.8 Å². The number of nitrogens with one attached hydrogen (secondary N) is 1. The maximum absolute atomic E-state index is 12.3. The van der Waals surface area contributed by atoms with E-state index in [0.717, 1.165) is 43.4 Å². The lowest BCUT2D eigenvalue weighted by Gasteiger charge is -2.62. The number of piperazine rings is 1. The summed E-state index contributed by atoms with van der Waals surface area (Å²) in [5, 5.41) is 6.81. The Morgan fingerprint density at radius 2 is 2.00 bits per heavy atom. The first-order valence-corrected chi connectivity index (χ1v) is 12.1. The second-order valence-electron chi connectivity index (χ2n) is 10.7. The number of pyridine rings is 1. The van der Waals surface area contributed by atoms with Crippen LogP contribution >= 0.6 is 0 Å². The van der Waals surface area contributed by atoms with Gasteiger partial charge in [0.2, 0.25) is 5.91 Å². The van der Waals surface area contributed by atoms with Gasteiger partial charge in [0.05, 0.1) is 17.4 Å². The Labute approximate surface area is 194 Å². The predicted octanol–water partition coefficient (Wildman–Crippen LogP) is 1.38. The van der Waals surface area contributed by atoms with Gasteiger partial charge in [-0.05, 0) is 49.9 Å². The molecule has 0 bridgehead atoms. The van der Waals surface area contributed by atoms with Gasteiger partial charge >= 0.3 is 6.03 Å². The average molecular weight is 452 g/mol. The highest BCUT2D eigenvalue weighted by atomic mass is 16.2. The van der Waals surface area contributed by atoms with Gasteiger partial charge in [-0.2, -0.15) is 5.10 Å². The topological polar surface area (TPSA) is 76.4 Å². The molecule has 6 rings (SSSR count). The van der Waals surface area contributed by atoms with E-state index in [1.165, 1.54) is 31.5 Å². The monoisotopic (exact) mass is 451 g/mol. The summed E-state index contributed by atoms with van der Waals surface area (Å²) in [5.41, 5.74) is 3.50. The van der Waals surface area contributed by atoms with Crippen LogP contribution in [-0.4, -0.2) is 94.7 Å². The number of amides is 3. The van der Waals surface area contributed by atoms with E-state index in [1.807, 2.05) is 6.20 Å². The first-order chi connectivity index (χ1) is 15.9. The van der Waals surface area contributed by atoms with Gasteiger partial charge in [0.25, 0.3) is 0 Å². The van der Waals surface area contributed by atoms with Gasteiger partial charge in [0, 0.05) is 70.5 Å². The fourth-order valence-corrected chi connectivity index (χ4v) is 6.63. The van der Waals surface area contributed by atoms with E-state index in [4.69, 9.17) is 0 Å². The van der Waals surface area contributed by atoms with Crippen LogP contribution in [0.1, 0.15) is 31.7 Å². The summed E-state index contributed by atoms with van der Waals surface area (Å²) < 4.78 is 1.80. The SMILES string of the molecule is C[C@H]1CN(Cc2ccn3ncc(N4CCC(=O)NC4=O)c3c2)CCN1C1CC2(C1)CN(C)C2. The van der Waals surface area contributed by atoms with Crippen LogP contribution in [-0.2, 0) is 11.3 Å². The van der Waals surface area contributed by atoms with Crippen molar-refractivity contribution in [3.63, 3.8) is 0 Å². The van der Waals surface area contributed by atoms with Gasteiger partial charge in [-0.1, -0.05) is 0 Å². The van der Waals surface area contributed by atoms with Crippen molar-refractivity contribution in [2.24, 2.45) is 5.41 Å². The predicted molar refractivity (Wildman–Crippen MR) is 125 cm³/mol. The van der Waals surface area contributed by atoms with Gasteiger partial charge in [0.1, 0.15) is 0 Å². The molecule has 0 unspecified atom stereocenters. The van der Waals surface area contributed by atoms with Crippen molar-refractivity contribution in [2.75, 3.05) is 51.2 Å². The Morgan fingerprint density at radius 3 is 2.73 bits per heavy atom. The smallest absolute Gasteiger partial charge is 0.305 e. The van der Waals surface area contributed by atoms with Crippen LogP contribution in [0.3, 0.4) is 0 Å². The van der Waals surface area contributed by atoms with Gasteiger partial charge < -0.3 is 4.90 Å². The Morgan fingerprint density at radius 1 is 1.18 bits per heavy atom. The molecule has 0 aromatic carbocycles. The molecule has 33 heavy (non-hydrogen) atoms. The van der Waals surface area contributed by atoms with Crippen LogP contribution in [0.5, 0.6) is 0 Å². The summed E-state index contributed by atoms with van der Waals surface area (Å²) in [6, 6.07) is 5.21. The molecule has 3 saturated heterocycles. The Balaban J connectivity index is 1.10. The van der Waals surface area contributed by atoms with E-state index in [9.17, 15) is 9.59 Å². The Hall–Kier alpha value is -2.49. The van der Waals surface area contributed by atoms with Crippen molar-refractivity contribution >= 4 is 23.1 Å². The number of fused-ring (bicyclic) bond motifs is 1. The third-order valence-corrected chi connectivity index (χ3v) is 8.10. The highest BCUT2D eigenvalue weighted by Crippen LogP contribution is 2.50. The first kappa shape index (κ1) is 21.1. The van der Waals surface area contributed by atoms with Gasteiger partial charge in [-0.25, -0.2) is 9.31 Å². The number of carbonyl (C=O) groups is 2. The van der Waals surface area contributed by atoms with Crippen molar-refractivity contribution in [1.82, 2.24) is 29.6 Å². The van der Waals surface area contributed by atoms with Gasteiger partial charge in [-0.15, -0.1) is 0 Å². The molecule has 1 N–H and O–H groups in total. The zero-order valence-electron chi connectivity index (χ0n) is 19.5. The summed E-state index contributed by atoms with van der Waals surface area (Å²) in [6.45, 7) is 9.52. The zero-order valence-corrected chi connectivity index (χ0v) is 19.5. The van der Waals surface area contributed by atoms with Crippen molar-refractivity contribution in [1.29, 1.82) is 0 Å². The number of nitrogens with zero attached hydrogens (tertiary/aromatic N) is 6. The molecular formula is C24H33N7O2. The molecule has 4 aliphatic rings. The van der Waals surface area contributed by atoms with Crippen LogP contribution in [0.25, 0.3) is 5.52 Å². The normalized spacial score (nSPS) is 27.1. The molecule has 4 fully saturated rings. The summed E-state index contributed by atoms with van der Waals surface area (Å²) in [4.78, 5) is 33.2. The highest BCUT2D eigenvalue weighted by Gasteiger charge is 2.53. The molecule has 1 atom stereocenters. The molecule has 3 aliphatic heterocycles. The van der Waals surface area contributed by atoms with Gasteiger partial charge in [0.15, 0.2) is 0 Å². The summed E-state index contributed by atoms with van der Waals surface area (Å²) in [5.74, 6) is -0.223. The van der Waals surface area contributed by atoms with E-state index in [2.05, 4.69) is 51.2 Å². The number of carbonyl (C=O) groups excluding carboxylic acids is 2. The van der Waals surface area contributed by atoms with Crippen molar-refractivity contribution in [3.8, 4) is 0 Å². The maximum atomic E-state index is 12.3. The van der Waals surface area contributed by atoms with Crippen molar-refractivity contribution in [3.05, 3.63) is 30.1 Å². The molecule has 176 valence electrons. The van der Waals surface area contributed by atoms with Crippen molar-refractivity contribution < 1.29 is 9.59 Å². The first-order valence-electron chi connectivity index (χ1n) is 12.1. The largest absolute Gasteiger partial charge is 0.328 e. The van der Waals surface area contributed by atoms with Crippen LogP contribution < -0.4 is 10.2 Å². The zero-order chi connectivity index (χ0) is 22.7. The Kier molecular flexibility index (Phi) is 4.97. The second kappa shape index (κ2) is 7.78. The molecule has 2 aromatic rings. The number of aromatic nitrogens is 2. The number of urea groups is 1. The number of hydrogen-bond donors (Lipinski definition) is 1. The lowest BCUT2D eigenvalue weighted by molar-refractivity contribution is -0.120. The quantitative estimate of drug-likeness (QED) is 0.757. The molecule has 3 amide bonds. The molecule has 1 aliphatic carbocycles. The third kappa shape index (κ3) is 3.72. The lowest BCUT2D eigenvalue weighted by Crippen LogP contribution is -2.68. The number of likely N-dealkylation sites (tertiary alicyclic amines) is 1. The number of hydrogen-bond acceptors (Lipinski definition) is 6.